The SMILES string of the molecule is CON(C)c1ccc(N)cc1C. The molecule has 0 aromatic heterocycles. The highest BCUT2D eigenvalue weighted by Gasteiger charge is 2.02. The molecule has 0 spiro atoms. The van der Waals surface area contributed by atoms with Crippen LogP contribution in [0.2, 0.25) is 0 Å². The van der Waals surface area contributed by atoms with E-state index in [1.165, 1.54) is 0 Å². The third kappa shape index (κ3) is 1.68. The number of hydrogen-bond acceptors (Lipinski definition) is 3. The van der Waals surface area contributed by atoms with Crippen molar-refractivity contribution < 1.29 is 4.84 Å². The van der Waals surface area contributed by atoms with E-state index in [9.17, 15) is 0 Å². The van der Waals surface area contributed by atoms with Crippen LogP contribution in [0.25, 0.3) is 0 Å². The van der Waals surface area contributed by atoms with Crippen LogP contribution in [0.4, 0.5) is 11.4 Å². The van der Waals surface area contributed by atoms with Gasteiger partial charge in [-0.05, 0) is 30.7 Å². The number of anilines is 2. The molecule has 0 saturated heterocycles. The van der Waals surface area contributed by atoms with E-state index in [2.05, 4.69) is 0 Å². The minimum absolute atomic E-state index is 0.778. The first-order valence-corrected chi connectivity index (χ1v) is 3.79. The third-order valence-corrected chi connectivity index (χ3v) is 1.83. The van der Waals surface area contributed by atoms with E-state index in [-0.39, 0.29) is 0 Å². The summed E-state index contributed by atoms with van der Waals surface area (Å²) in [7, 11) is 3.49. The molecule has 0 amide bonds. The number of nitrogens with two attached hydrogens (primary N) is 1. The highest BCUT2D eigenvalue weighted by molar-refractivity contribution is 5.57. The second-order valence-electron chi connectivity index (χ2n) is 2.73. The van der Waals surface area contributed by atoms with Crippen molar-refractivity contribution in [2.24, 2.45) is 0 Å². The Bertz CT molecular complexity index is 273. The minimum Gasteiger partial charge on any atom is -0.399 e. The standard InChI is InChI=1S/C9H14N2O/c1-7-6-8(10)4-5-9(7)11(2)12-3/h4-6H,10H2,1-3H3. The summed E-state index contributed by atoms with van der Waals surface area (Å²) < 4.78 is 0. The van der Waals surface area contributed by atoms with Crippen LogP contribution in [0, 0.1) is 6.92 Å². The van der Waals surface area contributed by atoms with Gasteiger partial charge in [0.05, 0.1) is 12.8 Å². The first-order valence-electron chi connectivity index (χ1n) is 3.79. The molecule has 0 radical (unpaired) electrons. The van der Waals surface area contributed by atoms with Crippen LogP contribution in [0.5, 0.6) is 0 Å². The Morgan fingerprint density at radius 3 is 2.58 bits per heavy atom. The van der Waals surface area contributed by atoms with Crippen molar-refractivity contribution in [3.63, 3.8) is 0 Å². The zero-order valence-corrected chi connectivity index (χ0v) is 7.66. The molecule has 0 aliphatic heterocycles. The fraction of sp³-hybridized carbons (Fsp3) is 0.333. The molecule has 1 rings (SSSR count). The summed E-state index contributed by atoms with van der Waals surface area (Å²) in [5.74, 6) is 0. The molecule has 12 heavy (non-hydrogen) atoms. The topological polar surface area (TPSA) is 38.5 Å². The number of hydroxylamine groups is 1. The predicted octanol–water partition coefficient (Wildman–Crippen LogP) is 1.57. The Kier molecular flexibility index (Phi) is 2.55. The van der Waals surface area contributed by atoms with Crippen LogP contribution in [0.1, 0.15) is 5.56 Å². The van der Waals surface area contributed by atoms with Crippen molar-refractivity contribution in [3.8, 4) is 0 Å². The van der Waals surface area contributed by atoms with Gasteiger partial charge in [-0.3, -0.25) is 9.90 Å². The van der Waals surface area contributed by atoms with Gasteiger partial charge in [0.15, 0.2) is 0 Å². The molecule has 0 aliphatic carbocycles. The van der Waals surface area contributed by atoms with Crippen LogP contribution in [-0.2, 0) is 4.84 Å². The van der Waals surface area contributed by atoms with E-state index in [0.29, 0.717) is 0 Å². The second-order valence-corrected chi connectivity index (χ2v) is 2.73. The fourth-order valence-corrected chi connectivity index (χ4v) is 1.13. The largest absolute Gasteiger partial charge is 0.399 e. The monoisotopic (exact) mass is 166 g/mol. The first kappa shape index (κ1) is 8.87. The Balaban J connectivity index is 3.01. The molecule has 0 heterocycles. The lowest BCUT2D eigenvalue weighted by molar-refractivity contribution is 0.184. The van der Waals surface area contributed by atoms with Crippen molar-refractivity contribution in [2.45, 2.75) is 6.92 Å². The Labute approximate surface area is 72.7 Å². The smallest absolute Gasteiger partial charge is 0.0663 e. The molecular weight excluding hydrogens is 152 g/mol. The van der Waals surface area contributed by atoms with Gasteiger partial charge in [0.25, 0.3) is 0 Å². The summed E-state index contributed by atoms with van der Waals surface area (Å²) in [5, 5.41) is 1.70. The van der Waals surface area contributed by atoms with E-state index in [4.69, 9.17) is 10.6 Å². The Morgan fingerprint density at radius 1 is 1.42 bits per heavy atom. The molecule has 3 nitrogen and oxygen atoms in total. The molecule has 0 bridgehead atoms. The molecule has 66 valence electrons. The van der Waals surface area contributed by atoms with Gasteiger partial charge in [0, 0.05) is 12.7 Å². The normalized spacial score (nSPS) is 9.92. The number of nitrogens with zero attached hydrogens (tertiary/aromatic N) is 1. The average molecular weight is 166 g/mol. The van der Waals surface area contributed by atoms with E-state index < -0.39 is 0 Å². The van der Waals surface area contributed by atoms with Crippen LogP contribution < -0.4 is 10.8 Å². The summed E-state index contributed by atoms with van der Waals surface area (Å²) in [4.78, 5) is 5.05. The number of benzene rings is 1. The summed E-state index contributed by atoms with van der Waals surface area (Å²) in [6, 6.07) is 5.72. The van der Waals surface area contributed by atoms with Crippen molar-refractivity contribution in [2.75, 3.05) is 25.0 Å². The van der Waals surface area contributed by atoms with Crippen LogP contribution >= 0.6 is 0 Å². The number of nitrogen functional groups attached to an aromatic ring is 1. The van der Waals surface area contributed by atoms with Gasteiger partial charge in [-0.2, -0.15) is 0 Å². The lowest BCUT2D eigenvalue weighted by atomic mass is 10.2. The lowest BCUT2D eigenvalue weighted by Gasteiger charge is -2.18. The predicted molar refractivity (Wildman–Crippen MR) is 51.0 cm³/mol. The zero-order chi connectivity index (χ0) is 9.14. The number of aryl methyl sites for hydroxylation is 1. The van der Waals surface area contributed by atoms with Gasteiger partial charge in [-0.25, -0.2) is 0 Å². The maximum Gasteiger partial charge on any atom is 0.0663 e. The maximum atomic E-state index is 5.61. The molecule has 2 N–H and O–H groups in total. The number of rotatable bonds is 2. The highest BCUT2D eigenvalue weighted by atomic mass is 16.7. The average Bonchev–Trinajstić information content (AvgIpc) is 2.03. The molecule has 1 aromatic carbocycles. The molecule has 3 heteroatoms. The second kappa shape index (κ2) is 3.45. The Morgan fingerprint density at radius 2 is 2.08 bits per heavy atom. The quantitative estimate of drug-likeness (QED) is 0.535. The molecule has 0 fully saturated rings. The van der Waals surface area contributed by atoms with E-state index in [1.807, 2.05) is 32.2 Å². The van der Waals surface area contributed by atoms with Gasteiger partial charge in [0.1, 0.15) is 0 Å². The van der Waals surface area contributed by atoms with Crippen molar-refractivity contribution in [1.29, 1.82) is 0 Å². The van der Waals surface area contributed by atoms with Gasteiger partial charge in [0.2, 0.25) is 0 Å². The fourth-order valence-electron chi connectivity index (χ4n) is 1.13. The first-order chi connectivity index (χ1) is 5.65. The molecule has 1 aromatic rings. The van der Waals surface area contributed by atoms with Crippen molar-refractivity contribution in [1.82, 2.24) is 0 Å². The van der Waals surface area contributed by atoms with Crippen molar-refractivity contribution in [3.05, 3.63) is 23.8 Å². The molecule has 0 atom stereocenters. The van der Waals surface area contributed by atoms with Gasteiger partial charge in [-0.1, -0.05) is 0 Å². The number of hydrogen-bond donors (Lipinski definition) is 1. The summed E-state index contributed by atoms with van der Waals surface area (Å²) in [6.45, 7) is 2.00. The van der Waals surface area contributed by atoms with Gasteiger partial charge in [-0.15, -0.1) is 0 Å². The van der Waals surface area contributed by atoms with E-state index in [0.717, 1.165) is 16.9 Å². The van der Waals surface area contributed by atoms with Crippen LogP contribution in [0.15, 0.2) is 18.2 Å². The molecular formula is C9H14N2O. The maximum absolute atomic E-state index is 5.61. The summed E-state index contributed by atoms with van der Waals surface area (Å²) in [6.07, 6.45) is 0. The zero-order valence-electron chi connectivity index (χ0n) is 7.66. The van der Waals surface area contributed by atoms with E-state index >= 15 is 0 Å². The van der Waals surface area contributed by atoms with Gasteiger partial charge < -0.3 is 5.73 Å². The summed E-state index contributed by atoms with van der Waals surface area (Å²) in [5.41, 5.74) is 8.53. The Hall–Kier alpha value is -1.22. The van der Waals surface area contributed by atoms with Crippen LogP contribution in [0.3, 0.4) is 0 Å². The third-order valence-electron chi connectivity index (χ3n) is 1.83. The lowest BCUT2D eigenvalue weighted by Crippen LogP contribution is -2.15. The molecule has 0 saturated carbocycles. The summed E-state index contributed by atoms with van der Waals surface area (Å²) >= 11 is 0. The van der Waals surface area contributed by atoms with E-state index in [1.54, 1.807) is 12.2 Å². The van der Waals surface area contributed by atoms with Crippen LogP contribution in [-0.4, -0.2) is 14.2 Å². The van der Waals surface area contributed by atoms with Gasteiger partial charge >= 0.3 is 0 Å². The molecule has 0 unspecified atom stereocenters. The molecule has 0 aliphatic rings. The van der Waals surface area contributed by atoms with Crippen molar-refractivity contribution >= 4 is 11.4 Å². The minimum atomic E-state index is 0.778. The highest BCUT2D eigenvalue weighted by Crippen LogP contribution is 2.20.